The van der Waals surface area contributed by atoms with Gasteiger partial charge in [-0.25, -0.2) is 13.1 Å². The Labute approximate surface area is 110 Å². The predicted molar refractivity (Wildman–Crippen MR) is 74.4 cm³/mol. The van der Waals surface area contributed by atoms with Crippen LogP contribution in [-0.2, 0) is 22.3 Å². The lowest BCUT2D eigenvalue weighted by Gasteiger charge is -2.18. The highest BCUT2D eigenvalue weighted by atomic mass is 32.2. The molecular weight excluding hydrogens is 248 g/mol. The molecule has 0 saturated carbocycles. The number of rotatable bonds is 5. The molecule has 1 aromatic rings. The highest BCUT2D eigenvalue weighted by Crippen LogP contribution is 2.12. The molecule has 4 nitrogen and oxygen atoms in total. The van der Waals surface area contributed by atoms with Crippen molar-refractivity contribution in [3.05, 3.63) is 35.4 Å². The van der Waals surface area contributed by atoms with Gasteiger partial charge in [0.05, 0.1) is 5.75 Å². The van der Waals surface area contributed by atoms with Crippen molar-refractivity contribution in [2.45, 2.75) is 33.1 Å². The minimum Gasteiger partial charge on any atom is -0.326 e. The molecule has 1 rings (SSSR count). The van der Waals surface area contributed by atoms with Crippen LogP contribution in [-0.4, -0.2) is 15.0 Å². The van der Waals surface area contributed by atoms with Gasteiger partial charge in [-0.1, -0.05) is 45.0 Å². The van der Waals surface area contributed by atoms with Crippen LogP contribution in [0.2, 0.25) is 0 Å². The smallest absolute Gasteiger partial charge is 0.215 e. The van der Waals surface area contributed by atoms with E-state index >= 15 is 0 Å². The molecule has 0 saturated heterocycles. The first-order valence-corrected chi connectivity index (χ1v) is 7.62. The Bertz CT molecular complexity index is 473. The molecule has 0 amide bonds. The lowest BCUT2D eigenvalue weighted by Crippen LogP contribution is -2.33. The molecule has 0 atom stereocenters. The average Bonchev–Trinajstić information content (AvgIpc) is 2.26. The highest BCUT2D eigenvalue weighted by Gasteiger charge is 2.16. The van der Waals surface area contributed by atoms with Gasteiger partial charge in [-0.05, 0) is 16.5 Å². The van der Waals surface area contributed by atoms with E-state index in [1.165, 1.54) is 0 Å². The monoisotopic (exact) mass is 270 g/mol. The lowest BCUT2D eigenvalue weighted by atomic mass is 9.98. The lowest BCUT2D eigenvalue weighted by molar-refractivity contribution is 0.407. The summed E-state index contributed by atoms with van der Waals surface area (Å²) < 4.78 is 26.4. The molecule has 0 aliphatic rings. The fourth-order valence-electron chi connectivity index (χ4n) is 1.37. The van der Waals surface area contributed by atoms with E-state index in [1.54, 1.807) is 12.1 Å². The fourth-order valence-corrected chi connectivity index (χ4v) is 2.75. The van der Waals surface area contributed by atoms with Crippen molar-refractivity contribution >= 4 is 10.0 Å². The Kier molecular flexibility index (Phi) is 4.90. The number of sulfonamides is 1. The van der Waals surface area contributed by atoms with E-state index < -0.39 is 10.0 Å². The summed E-state index contributed by atoms with van der Waals surface area (Å²) in [6.07, 6.45) is 0. The maximum absolute atomic E-state index is 11.9. The zero-order valence-corrected chi connectivity index (χ0v) is 12.0. The van der Waals surface area contributed by atoms with Crippen LogP contribution in [0.5, 0.6) is 0 Å². The standard InChI is InChI=1S/C13H22N2O2S/c1-13(2,3)10-15-18(16,17)9-12-6-4-11(8-14)5-7-12/h4-7,15H,8-10,14H2,1-3H3. The van der Waals surface area contributed by atoms with Gasteiger partial charge in [0.25, 0.3) is 0 Å². The van der Waals surface area contributed by atoms with Crippen LogP contribution in [0.15, 0.2) is 24.3 Å². The Morgan fingerprint density at radius 3 is 2.06 bits per heavy atom. The summed E-state index contributed by atoms with van der Waals surface area (Å²) in [6, 6.07) is 7.32. The molecule has 0 fully saturated rings. The summed E-state index contributed by atoms with van der Waals surface area (Å²) in [5.41, 5.74) is 7.20. The third kappa shape index (κ3) is 5.62. The van der Waals surface area contributed by atoms with Crippen LogP contribution < -0.4 is 10.5 Å². The largest absolute Gasteiger partial charge is 0.326 e. The van der Waals surface area contributed by atoms with Crippen molar-refractivity contribution in [3.63, 3.8) is 0 Å². The maximum atomic E-state index is 11.9. The van der Waals surface area contributed by atoms with Gasteiger partial charge in [0.15, 0.2) is 0 Å². The van der Waals surface area contributed by atoms with Gasteiger partial charge in [0.2, 0.25) is 10.0 Å². The molecular formula is C13H22N2O2S. The molecule has 0 heterocycles. The average molecular weight is 270 g/mol. The Hall–Kier alpha value is -0.910. The summed E-state index contributed by atoms with van der Waals surface area (Å²) in [6.45, 7) is 6.88. The Balaban J connectivity index is 2.64. The van der Waals surface area contributed by atoms with Gasteiger partial charge in [-0.2, -0.15) is 0 Å². The van der Waals surface area contributed by atoms with Crippen molar-refractivity contribution in [2.24, 2.45) is 11.1 Å². The maximum Gasteiger partial charge on any atom is 0.215 e. The number of benzene rings is 1. The van der Waals surface area contributed by atoms with E-state index in [2.05, 4.69) is 4.72 Å². The second-order valence-corrected chi connectivity index (χ2v) is 7.47. The van der Waals surface area contributed by atoms with Crippen LogP contribution in [0.1, 0.15) is 31.9 Å². The topological polar surface area (TPSA) is 72.2 Å². The molecule has 0 radical (unpaired) electrons. The van der Waals surface area contributed by atoms with Crippen LogP contribution in [0.25, 0.3) is 0 Å². The molecule has 102 valence electrons. The van der Waals surface area contributed by atoms with E-state index in [0.29, 0.717) is 13.1 Å². The number of nitrogens with one attached hydrogen (secondary N) is 1. The minimum absolute atomic E-state index is 0.00787. The summed E-state index contributed by atoms with van der Waals surface area (Å²) in [4.78, 5) is 0. The van der Waals surface area contributed by atoms with E-state index in [0.717, 1.165) is 11.1 Å². The molecule has 3 N–H and O–H groups in total. The molecule has 5 heteroatoms. The number of nitrogens with two attached hydrogens (primary N) is 1. The Morgan fingerprint density at radius 2 is 1.61 bits per heavy atom. The summed E-state index contributed by atoms with van der Waals surface area (Å²) in [5, 5.41) is 0. The second kappa shape index (κ2) is 5.82. The third-order valence-electron chi connectivity index (χ3n) is 2.44. The van der Waals surface area contributed by atoms with Crippen molar-refractivity contribution in [2.75, 3.05) is 6.54 Å². The van der Waals surface area contributed by atoms with Gasteiger partial charge in [0.1, 0.15) is 0 Å². The van der Waals surface area contributed by atoms with Gasteiger partial charge < -0.3 is 5.73 Å². The second-order valence-electron chi connectivity index (χ2n) is 5.66. The van der Waals surface area contributed by atoms with Crippen molar-refractivity contribution < 1.29 is 8.42 Å². The normalized spacial score (nSPS) is 12.7. The zero-order valence-electron chi connectivity index (χ0n) is 11.2. The molecule has 1 aromatic carbocycles. The number of hydrogen-bond donors (Lipinski definition) is 2. The van der Waals surface area contributed by atoms with Crippen LogP contribution in [0, 0.1) is 5.41 Å². The SMILES string of the molecule is CC(C)(C)CNS(=O)(=O)Cc1ccc(CN)cc1. The first-order valence-electron chi connectivity index (χ1n) is 5.97. The van der Waals surface area contributed by atoms with Crippen LogP contribution >= 0.6 is 0 Å². The molecule has 0 aromatic heterocycles. The predicted octanol–water partition coefficient (Wildman–Crippen LogP) is 1.61. The third-order valence-corrected chi connectivity index (χ3v) is 3.74. The first kappa shape index (κ1) is 15.1. The van der Waals surface area contributed by atoms with Gasteiger partial charge in [-0.15, -0.1) is 0 Å². The van der Waals surface area contributed by atoms with Crippen LogP contribution in [0.3, 0.4) is 0 Å². The molecule has 18 heavy (non-hydrogen) atoms. The molecule has 0 aliphatic carbocycles. The van der Waals surface area contributed by atoms with E-state index in [-0.39, 0.29) is 11.2 Å². The van der Waals surface area contributed by atoms with Crippen molar-refractivity contribution in [1.29, 1.82) is 0 Å². The van der Waals surface area contributed by atoms with E-state index in [1.807, 2.05) is 32.9 Å². The summed E-state index contributed by atoms with van der Waals surface area (Å²) in [5.74, 6) is 0.00787. The van der Waals surface area contributed by atoms with E-state index in [4.69, 9.17) is 5.73 Å². The Morgan fingerprint density at radius 1 is 1.11 bits per heavy atom. The van der Waals surface area contributed by atoms with Gasteiger partial charge in [0, 0.05) is 13.1 Å². The minimum atomic E-state index is -3.27. The van der Waals surface area contributed by atoms with Crippen molar-refractivity contribution in [3.8, 4) is 0 Å². The molecule has 0 aliphatic heterocycles. The summed E-state index contributed by atoms with van der Waals surface area (Å²) in [7, 11) is -3.27. The molecule has 0 bridgehead atoms. The highest BCUT2D eigenvalue weighted by molar-refractivity contribution is 7.88. The quantitative estimate of drug-likeness (QED) is 0.854. The molecule has 0 unspecified atom stereocenters. The van der Waals surface area contributed by atoms with Gasteiger partial charge in [-0.3, -0.25) is 0 Å². The van der Waals surface area contributed by atoms with Gasteiger partial charge >= 0.3 is 0 Å². The summed E-state index contributed by atoms with van der Waals surface area (Å²) >= 11 is 0. The van der Waals surface area contributed by atoms with Crippen molar-refractivity contribution in [1.82, 2.24) is 4.72 Å². The first-order chi connectivity index (χ1) is 8.22. The van der Waals surface area contributed by atoms with E-state index in [9.17, 15) is 8.42 Å². The molecule has 0 spiro atoms. The van der Waals surface area contributed by atoms with Crippen LogP contribution in [0.4, 0.5) is 0 Å². The zero-order chi connectivity index (χ0) is 13.8. The number of hydrogen-bond acceptors (Lipinski definition) is 3. The fraction of sp³-hybridized carbons (Fsp3) is 0.538.